The summed E-state index contributed by atoms with van der Waals surface area (Å²) in [5.74, 6) is 1.47. The third-order valence-electron chi connectivity index (χ3n) is 8.40. The van der Waals surface area contributed by atoms with Crippen LogP contribution in [-0.4, -0.2) is 15.9 Å². The van der Waals surface area contributed by atoms with Crippen LogP contribution in [0.3, 0.4) is 0 Å². The van der Waals surface area contributed by atoms with E-state index in [2.05, 4.69) is 72.6 Å². The number of aliphatic hydroxyl groups is 1. The maximum atomic E-state index is 11.8. The average Bonchev–Trinajstić information content (AvgIpc) is 3.02. The molecule has 5 aromatic rings. The van der Waals surface area contributed by atoms with Crippen LogP contribution in [0.2, 0.25) is 0 Å². The van der Waals surface area contributed by atoms with Crippen molar-refractivity contribution in [3.63, 3.8) is 0 Å². The fourth-order valence-electron chi connectivity index (χ4n) is 4.40. The molecule has 0 spiro atoms. The number of ether oxygens (including phenoxy) is 1. The number of pyridine rings is 1. The minimum absolute atomic E-state index is 0. The number of carbonyl (C=O) groups is 1. The minimum Gasteiger partial charge on any atom is -0.512 e. The van der Waals surface area contributed by atoms with Crippen LogP contribution in [0.4, 0.5) is 0 Å². The molecule has 4 aromatic carbocycles. The topological polar surface area (TPSA) is 59.4 Å². The van der Waals surface area contributed by atoms with Crippen molar-refractivity contribution in [2.45, 2.75) is 61.3 Å². The van der Waals surface area contributed by atoms with Crippen molar-refractivity contribution in [2.75, 3.05) is 0 Å². The monoisotopic (exact) mass is 765 g/mol. The van der Waals surface area contributed by atoms with Gasteiger partial charge in [-0.1, -0.05) is 84.0 Å². The van der Waals surface area contributed by atoms with Crippen LogP contribution in [0, 0.1) is 23.8 Å². The second-order valence-corrected chi connectivity index (χ2v) is 12.3. The van der Waals surface area contributed by atoms with E-state index in [0.717, 1.165) is 29.2 Å². The van der Waals surface area contributed by atoms with Crippen molar-refractivity contribution in [1.82, 2.24) is 4.98 Å². The molecule has 231 valence electrons. The molecular formula is C39H42IrNO3-. The summed E-state index contributed by atoms with van der Waals surface area (Å²) < 4.78 is 6.04. The Labute approximate surface area is 275 Å². The normalized spacial score (nSPS) is 11.8. The number of hydrogen-bond acceptors (Lipinski definition) is 4. The number of rotatable bonds is 8. The van der Waals surface area contributed by atoms with Crippen molar-refractivity contribution < 1.29 is 34.7 Å². The molecule has 0 unspecified atom stereocenters. The number of benzene rings is 4. The first-order valence-electron chi connectivity index (χ1n) is 14.9. The van der Waals surface area contributed by atoms with Crippen molar-refractivity contribution in [1.29, 1.82) is 0 Å². The zero-order valence-corrected chi connectivity index (χ0v) is 29.1. The predicted molar refractivity (Wildman–Crippen MR) is 179 cm³/mol. The molecule has 1 radical (unpaired) electrons. The smallest absolute Gasteiger partial charge is 0.224 e. The van der Waals surface area contributed by atoms with Crippen LogP contribution in [0.25, 0.3) is 32.7 Å². The number of ketones is 1. The Hall–Kier alpha value is -3.79. The van der Waals surface area contributed by atoms with E-state index in [0.29, 0.717) is 11.6 Å². The summed E-state index contributed by atoms with van der Waals surface area (Å²) in [5.41, 5.74) is 2.86. The third kappa shape index (κ3) is 8.22. The van der Waals surface area contributed by atoms with Gasteiger partial charge in [0.1, 0.15) is 5.76 Å². The molecule has 0 saturated carbocycles. The summed E-state index contributed by atoms with van der Waals surface area (Å²) in [6.07, 6.45) is 4.86. The Morgan fingerprint density at radius 1 is 0.841 bits per heavy atom. The number of aliphatic hydroxyl groups excluding tert-OH is 1. The number of carbonyl (C=O) groups excluding carboxylic acids is 1. The maximum Gasteiger partial charge on any atom is 0.224 e. The second kappa shape index (κ2) is 14.8. The van der Waals surface area contributed by atoms with Gasteiger partial charge >= 0.3 is 0 Å². The molecular weight excluding hydrogens is 723 g/mol. The standard InChI is InChI=1S/C26H18NO.C13H24O2.Ir/c1-18-17-27-26(28-23-10-6-3-7-11-23)25-16-22-14-20(19-8-4-2-5-9-19)12-13-21(22)15-24(18)25;1-7-12(3,4)10(14)9-11(15)13(5,6)8-2;/h2-10,12-17H,1H3;9,14H,7-8H2,1-6H3;/q-1;;/b;10-9-;. The Balaban J connectivity index is 0.000000286. The third-order valence-corrected chi connectivity index (χ3v) is 8.40. The van der Waals surface area contributed by atoms with Gasteiger partial charge in [-0.25, -0.2) is 4.98 Å². The van der Waals surface area contributed by atoms with Crippen LogP contribution < -0.4 is 4.74 Å². The van der Waals surface area contributed by atoms with Gasteiger partial charge in [0.05, 0.1) is 0 Å². The first kappa shape index (κ1) is 34.7. The molecule has 44 heavy (non-hydrogen) atoms. The molecule has 5 rings (SSSR count). The molecule has 0 saturated heterocycles. The average molecular weight is 765 g/mol. The van der Waals surface area contributed by atoms with Gasteiger partial charge in [0.15, 0.2) is 5.78 Å². The van der Waals surface area contributed by atoms with Gasteiger partial charge in [-0.15, -0.1) is 12.1 Å². The van der Waals surface area contributed by atoms with Gasteiger partial charge < -0.3 is 9.84 Å². The fraction of sp³-hybridized carbons (Fsp3) is 0.282. The minimum atomic E-state index is -0.377. The van der Waals surface area contributed by atoms with E-state index >= 15 is 0 Å². The summed E-state index contributed by atoms with van der Waals surface area (Å²) >= 11 is 0. The molecule has 1 aromatic heterocycles. The summed E-state index contributed by atoms with van der Waals surface area (Å²) in [5, 5.41) is 14.4. The van der Waals surface area contributed by atoms with E-state index in [1.165, 1.54) is 28.0 Å². The molecule has 1 N–H and O–H groups in total. The summed E-state index contributed by atoms with van der Waals surface area (Å²) in [6.45, 7) is 13.7. The van der Waals surface area contributed by atoms with Gasteiger partial charge in [0, 0.05) is 54.3 Å². The fourth-order valence-corrected chi connectivity index (χ4v) is 4.40. The number of para-hydroxylation sites is 1. The van der Waals surface area contributed by atoms with Crippen LogP contribution in [-0.2, 0) is 24.9 Å². The first-order valence-corrected chi connectivity index (χ1v) is 14.9. The number of aryl methyl sites for hydroxylation is 1. The second-order valence-electron chi connectivity index (χ2n) is 12.3. The molecule has 0 aliphatic heterocycles. The number of aromatic nitrogens is 1. The molecule has 0 atom stereocenters. The molecule has 0 aliphatic rings. The summed E-state index contributed by atoms with van der Waals surface area (Å²) in [4.78, 5) is 16.4. The van der Waals surface area contributed by atoms with Crippen molar-refractivity contribution in [2.24, 2.45) is 10.8 Å². The number of hydrogen-bond donors (Lipinski definition) is 1. The SMILES string of the molecule is CCC(C)(C)C(=O)/C=C(\O)C(C)(C)CC.Cc1cnc(Oc2[c-]cccc2)c2cc3cc(-c4ccccc4)ccc3cc12.[Ir]. The molecule has 1 heterocycles. The van der Waals surface area contributed by atoms with Gasteiger partial charge in [-0.05, 0) is 70.8 Å². The maximum absolute atomic E-state index is 11.8. The van der Waals surface area contributed by atoms with E-state index in [1.54, 1.807) is 0 Å². The molecule has 0 bridgehead atoms. The van der Waals surface area contributed by atoms with E-state index in [-0.39, 0.29) is 42.5 Å². The van der Waals surface area contributed by atoms with Crippen molar-refractivity contribution >= 4 is 27.3 Å². The van der Waals surface area contributed by atoms with Crippen molar-refractivity contribution in [3.8, 4) is 22.8 Å². The molecule has 0 amide bonds. The van der Waals surface area contributed by atoms with E-state index in [9.17, 15) is 9.90 Å². The zero-order chi connectivity index (χ0) is 31.2. The van der Waals surface area contributed by atoms with Gasteiger partial charge in [0.25, 0.3) is 0 Å². The first-order chi connectivity index (χ1) is 20.4. The number of fused-ring (bicyclic) bond motifs is 2. The Morgan fingerprint density at radius 3 is 2.14 bits per heavy atom. The van der Waals surface area contributed by atoms with Gasteiger partial charge in [-0.2, -0.15) is 18.2 Å². The summed E-state index contributed by atoms with van der Waals surface area (Å²) in [6, 6.07) is 32.1. The van der Waals surface area contributed by atoms with Crippen LogP contribution in [0.5, 0.6) is 11.6 Å². The Kier molecular flexibility index (Phi) is 11.7. The van der Waals surface area contributed by atoms with Crippen LogP contribution >= 0.6 is 0 Å². The predicted octanol–water partition coefficient (Wildman–Crippen LogP) is 10.8. The Bertz CT molecular complexity index is 1740. The largest absolute Gasteiger partial charge is 0.512 e. The zero-order valence-electron chi connectivity index (χ0n) is 26.7. The molecule has 0 fully saturated rings. The number of allylic oxidation sites excluding steroid dienone is 2. The molecule has 4 nitrogen and oxygen atoms in total. The summed E-state index contributed by atoms with van der Waals surface area (Å²) in [7, 11) is 0. The van der Waals surface area contributed by atoms with Crippen LogP contribution in [0.15, 0.2) is 103 Å². The quantitative estimate of drug-likeness (QED) is 0.0740. The van der Waals surface area contributed by atoms with Crippen LogP contribution in [0.1, 0.15) is 59.9 Å². The van der Waals surface area contributed by atoms with E-state index in [1.807, 2.05) is 78.1 Å². The molecule has 0 aliphatic carbocycles. The van der Waals surface area contributed by atoms with Crippen molar-refractivity contribution in [3.05, 3.63) is 115 Å². The van der Waals surface area contributed by atoms with Gasteiger partial charge in [-0.3, -0.25) is 4.79 Å². The van der Waals surface area contributed by atoms with Gasteiger partial charge in [0.2, 0.25) is 5.88 Å². The molecule has 5 heteroatoms. The van der Waals surface area contributed by atoms with E-state index in [4.69, 9.17) is 4.74 Å². The Morgan fingerprint density at radius 2 is 1.50 bits per heavy atom. The van der Waals surface area contributed by atoms with E-state index < -0.39 is 0 Å². The number of nitrogens with zero attached hydrogens (tertiary/aromatic N) is 1.